The lowest BCUT2D eigenvalue weighted by molar-refractivity contribution is 0.0523. The Morgan fingerprint density at radius 2 is 1.74 bits per heavy atom. The molecule has 170 valence electrons. The highest BCUT2D eigenvalue weighted by Crippen LogP contribution is 2.37. The van der Waals surface area contributed by atoms with Crippen molar-refractivity contribution in [3.8, 4) is 28.5 Å². The van der Waals surface area contributed by atoms with Crippen molar-refractivity contribution in [1.29, 1.82) is 5.26 Å². The molecule has 0 saturated heterocycles. The van der Waals surface area contributed by atoms with Gasteiger partial charge in [-0.3, -0.25) is 4.98 Å². The Morgan fingerprint density at radius 1 is 1.03 bits per heavy atom. The minimum absolute atomic E-state index is 0.347. The average molecular weight is 451 g/mol. The van der Waals surface area contributed by atoms with E-state index in [1.807, 2.05) is 88.4 Å². The zero-order valence-electron chi connectivity index (χ0n) is 19.7. The molecule has 4 rings (SSSR count). The van der Waals surface area contributed by atoms with Gasteiger partial charge < -0.3 is 10.1 Å². The molecule has 1 amide bonds. The first-order valence-corrected chi connectivity index (χ1v) is 11.1. The summed E-state index contributed by atoms with van der Waals surface area (Å²) in [5, 5.41) is 13.7. The molecule has 2 aromatic heterocycles. The number of nitrogens with zero attached hydrogens (tertiary/aromatic N) is 3. The van der Waals surface area contributed by atoms with Crippen LogP contribution in [0.2, 0.25) is 0 Å². The standard InChI is InChI=1S/C28H26N4O2/c1-18-24-22(16-29)25(20-8-6-5-7-9-20)26(32-23(24)14-15-30-18)21-12-10-19(11-13-21)17-31-27(33)34-28(2,3)4/h5-15H,17H2,1-4H3,(H,31,33). The number of fused-ring (bicyclic) bond motifs is 1. The summed E-state index contributed by atoms with van der Waals surface area (Å²) < 4.78 is 5.30. The first-order valence-electron chi connectivity index (χ1n) is 11.1. The molecular formula is C28H26N4O2. The van der Waals surface area contributed by atoms with Crippen molar-refractivity contribution in [1.82, 2.24) is 15.3 Å². The Balaban J connectivity index is 1.76. The molecule has 0 unspecified atom stereocenters. The van der Waals surface area contributed by atoms with Gasteiger partial charge >= 0.3 is 6.09 Å². The van der Waals surface area contributed by atoms with E-state index < -0.39 is 11.7 Å². The van der Waals surface area contributed by atoms with E-state index >= 15 is 0 Å². The summed E-state index contributed by atoms with van der Waals surface area (Å²) in [5.74, 6) is 0. The molecule has 0 bridgehead atoms. The number of carbonyl (C=O) groups is 1. The second kappa shape index (κ2) is 9.32. The summed E-state index contributed by atoms with van der Waals surface area (Å²) >= 11 is 0. The van der Waals surface area contributed by atoms with Crippen molar-refractivity contribution in [3.63, 3.8) is 0 Å². The van der Waals surface area contributed by atoms with Crippen molar-refractivity contribution in [2.24, 2.45) is 0 Å². The third-order valence-electron chi connectivity index (χ3n) is 5.32. The number of benzene rings is 2. The molecule has 0 fully saturated rings. The van der Waals surface area contributed by atoms with Crippen LogP contribution in [0.3, 0.4) is 0 Å². The highest BCUT2D eigenvalue weighted by atomic mass is 16.6. The number of nitrogens with one attached hydrogen (secondary N) is 1. The number of hydrogen-bond acceptors (Lipinski definition) is 5. The number of alkyl carbamates (subject to hydrolysis) is 1. The first kappa shape index (κ1) is 22.9. The molecule has 1 N–H and O–H groups in total. The van der Waals surface area contributed by atoms with Crippen LogP contribution in [-0.2, 0) is 11.3 Å². The van der Waals surface area contributed by atoms with Crippen LogP contribution in [0.25, 0.3) is 33.3 Å². The molecule has 0 aliphatic carbocycles. The second-order valence-corrected chi connectivity index (χ2v) is 9.03. The van der Waals surface area contributed by atoms with Crippen LogP contribution in [0.1, 0.15) is 37.6 Å². The quantitative estimate of drug-likeness (QED) is 0.402. The normalized spacial score (nSPS) is 11.1. The van der Waals surface area contributed by atoms with Gasteiger partial charge in [0.2, 0.25) is 0 Å². The maximum Gasteiger partial charge on any atom is 0.407 e. The van der Waals surface area contributed by atoms with Gasteiger partial charge in [-0.05, 0) is 44.9 Å². The van der Waals surface area contributed by atoms with Crippen molar-refractivity contribution in [3.05, 3.63) is 83.7 Å². The van der Waals surface area contributed by atoms with Crippen LogP contribution in [0, 0.1) is 18.3 Å². The number of hydrogen-bond donors (Lipinski definition) is 1. The number of rotatable bonds is 4. The number of nitriles is 1. The summed E-state index contributed by atoms with van der Waals surface area (Å²) in [6.07, 6.45) is 1.25. The van der Waals surface area contributed by atoms with E-state index in [1.54, 1.807) is 6.20 Å². The Labute approximate surface area is 199 Å². The summed E-state index contributed by atoms with van der Waals surface area (Å²) in [6.45, 7) is 7.73. The molecule has 34 heavy (non-hydrogen) atoms. The zero-order valence-corrected chi connectivity index (χ0v) is 19.7. The third-order valence-corrected chi connectivity index (χ3v) is 5.32. The highest BCUT2D eigenvalue weighted by Gasteiger charge is 2.20. The average Bonchev–Trinajstić information content (AvgIpc) is 2.81. The van der Waals surface area contributed by atoms with E-state index in [9.17, 15) is 10.1 Å². The van der Waals surface area contributed by atoms with Crippen LogP contribution in [0.4, 0.5) is 4.79 Å². The molecule has 0 aliphatic heterocycles. The van der Waals surface area contributed by atoms with Gasteiger partial charge in [0.05, 0.1) is 16.8 Å². The Hall–Kier alpha value is -4.24. The fourth-order valence-corrected chi connectivity index (χ4v) is 3.85. The molecule has 0 radical (unpaired) electrons. The lowest BCUT2D eigenvalue weighted by atomic mass is 9.92. The second-order valence-electron chi connectivity index (χ2n) is 9.03. The van der Waals surface area contributed by atoms with Crippen LogP contribution in [0.5, 0.6) is 0 Å². The topological polar surface area (TPSA) is 87.9 Å². The Kier molecular flexibility index (Phi) is 6.29. The zero-order chi connectivity index (χ0) is 24.3. The van der Waals surface area contributed by atoms with Crippen molar-refractivity contribution < 1.29 is 9.53 Å². The van der Waals surface area contributed by atoms with Gasteiger partial charge in [0.1, 0.15) is 11.7 Å². The molecule has 0 aliphatic rings. The van der Waals surface area contributed by atoms with Crippen molar-refractivity contribution >= 4 is 17.0 Å². The minimum atomic E-state index is -0.546. The molecule has 6 heteroatoms. The lowest BCUT2D eigenvalue weighted by Crippen LogP contribution is -2.32. The van der Waals surface area contributed by atoms with Crippen molar-refractivity contribution in [2.75, 3.05) is 0 Å². The Morgan fingerprint density at radius 3 is 2.38 bits per heavy atom. The number of ether oxygens (including phenoxy) is 1. The molecule has 0 spiro atoms. The van der Waals surface area contributed by atoms with Crippen LogP contribution in [0.15, 0.2) is 66.9 Å². The Bertz CT molecular complexity index is 1380. The van der Waals surface area contributed by atoms with Gasteiger partial charge in [-0.25, -0.2) is 9.78 Å². The number of amides is 1. The van der Waals surface area contributed by atoms with E-state index in [1.165, 1.54) is 0 Å². The molecule has 4 aromatic rings. The molecule has 0 atom stereocenters. The third kappa shape index (κ3) is 4.89. The maximum absolute atomic E-state index is 12.0. The van der Waals surface area contributed by atoms with E-state index in [-0.39, 0.29) is 0 Å². The van der Waals surface area contributed by atoms with Gasteiger partial charge in [0.25, 0.3) is 0 Å². The molecule has 0 saturated carbocycles. The number of pyridine rings is 2. The summed E-state index contributed by atoms with van der Waals surface area (Å²) in [7, 11) is 0. The van der Waals surface area contributed by atoms with Crippen LogP contribution in [-0.4, -0.2) is 21.7 Å². The van der Waals surface area contributed by atoms with E-state index in [0.29, 0.717) is 12.1 Å². The summed E-state index contributed by atoms with van der Waals surface area (Å²) in [5.41, 5.74) is 5.76. The lowest BCUT2D eigenvalue weighted by Gasteiger charge is -2.19. The smallest absolute Gasteiger partial charge is 0.407 e. The molecule has 2 heterocycles. The fourth-order valence-electron chi connectivity index (χ4n) is 3.85. The fraction of sp³-hybridized carbons (Fsp3) is 0.214. The van der Waals surface area contributed by atoms with E-state index in [2.05, 4.69) is 16.4 Å². The van der Waals surface area contributed by atoms with Crippen molar-refractivity contribution in [2.45, 2.75) is 39.8 Å². The van der Waals surface area contributed by atoms with Crippen LogP contribution >= 0.6 is 0 Å². The highest BCUT2D eigenvalue weighted by molar-refractivity contribution is 5.99. The van der Waals surface area contributed by atoms with Gasteiger partial charge in [-0.2, -0.15) is 5.26 Å². The molecule has 6 nitrogen and oxygen atoms in total. The van der Waals surface area contributed by atoms with Gasteiger partial charge in [-0.1, -0.05) is 54.6 Å². The van der Waals surface area contributed by atoms with Crippen LogP contribution < -0.4 is 5.32 Å². The van der Waals surface area contributed by atoms with E-state index in [4.69, 9.17) is 9.72 Å². The summed E-state index contributed by atoms with van der Waals surface area (Å²) in [4.78, 5) is 21.3. The monoisotopic (exact) mass is 450 g/mol. The first-order chi connectivity index (χ1) is 16.3. The predicted octanol–water partition coefficient (Wildman–Crippen LogP) is 6.17. The largest absolute Gasteiger partial charge is 0.444 e. The molecule has 2 aromatic carbocycles. The van der Waals surface area contributed by atoms with E-state index in [0.717, 1.165) is 44.5 Å². The number of aromatic nitrogens is 2. The minimum Gasteiger partial charge on any atom is -0.444 e. The number of carbonyl (C=O) groups excluding carboxylic acids is 1. The van der Waals surface area contributed by atoms with Gasteiger partial charge in [-0.15, -0.1) is 0 Å². The predicted molar refractivity (Wildman–Crippen MR) is 133 cm³/mol. The molecular weight excluding hydrogens is 424 g/mol. The number of aryl methyl sites for hydroxylation is 1. The summed E-state index contributed by atoms with van der Waals surface area (Å²) in [6, 6.07) is 21.9. The SMILES string of the molecule is Cc1nccc2nc(-c3ccc(CNC(=O)OC(C)(C)C)cc3)c(-c3ccccc3)c(C#N)c12. The maximum atomic E-state index is 12.0. The van der Waals surface area contributed by atoms with Gasteiger partial charge in [0.15, 0.2) is 0 Å². The van der Waals surface area contributed by atoms with Gasteiger partial charge in [0, 0.05) is 34.9 Å².